The molecule has 1 aliphatic rings. The van der Waals surface area contributed by atoms with E-state index in [1.165, 1.54) is 0 Å². The molecule has 2 heterocycles. The molecule has 9 heteroatoms. The van der Waals surface area contributed by atoms with Gasteiger partial charge in [0.15, 0.2) is 5.75 Å². The van der Waals surface area contributed by atoms with Crippen LogP contribution in [0.25, 0.3) is 22.1 Å². The van der Waals surface area contributed by atoms with Crippen molar-refractivity contribution in [1.82, 2.24) is 9.97 Å². The molecule has 3 aromatic carbocycles. The van der Waals surface area contributed by atoms with Gasteiger partial charge in [-0.05, 0) is 43.3 Å². The summed E-state index contributed by atoms with van der Waals surface area (Å²) < 4.78 is 17.7. The Kier molecular flexibility index (Phi) is 5.49. The number of ether oxygens (including phenoxy) is 3. The molecule has 172 valence electrons. The van der Waals surface area contributed by atoms with E-state index in [4.69, 9.17) is 35.6 Å². The zero-order valence-corrected chi connectivity index (χ0v) is 20.0. The summed E-state index contributed by atoms with van der Waals surface area (Å²) in [6, 6.07) is 14.8. The van der Waals surface area contributed by atoms with Gasteiger partial charge in [-0.25, -0.2) is 14.8 Å². The summed E-state index contributed by atoms with van der Waals surface area (Å²) in [5.41, 5.74) is 17.0. The van der Waals surface area contributed by atoms with Gasteiger partial charge < -0.3 is 25.7 Å². The monoisotopic (exact) mass is 520 g/mol. The fourth-order valence-electron chi connectivity index (χ4n) is 4.29. The lowest BCUT2D eigenvalue weighted by Gasteiger charge is -2.30. The van der Waals surface area contributed by atoms with Crippen LogP contribution in [0.2, 0.25) is 0 Å². The number of carbonyl (C=O) groups excluding carboxylic acids is 1. The number of carbonyl (C=O) groups is 1. The SMILES string of the molecule is CCOC(=O)C1=C(N)Oc2c(N)cc3nc4ccccc4nc3c2C1c1cc(Br)ccc1OC. The number of nitrogens with zero attached hydrogens (tertiary/aromatic N) is 2. The lowest BCUT2D eigenvalue weighted by Crippen LogP contribution is -2.28. The Hall–Kier alpha value is -3.85. The minimum absolute atomic E-state index is 0.0854. The highest BCUT2D eigenvalue weighted by Crippen LogP contribution is 2.50. The third kappa shape index (κ3) is 3.49. The second-order valence-electron chi connectivity index (χ2n) is 7.71. The highest BCUT2D eigenvalue weighted by Gasteiger charge is 2.40. The maximum absolute atomic E-state index is 13.2. The molecule has 5 rings (SSSR count). The molecule has 0 saturated carbocycles. The Morgan fingerprint density at radius 2 is 1.82 bits per heavy atom. The number of fused-ring (bicyclic) bond motifs is 4. The van der Waals surface area contributed by atoms with E-state index in [0.29, 0.717) is 44.9 Å². The lowest BCUT2D eigenvalue weighted by atomic mass is 9.81. The normalized spacial score (nSPS) is 15.2. The van der Waals surface area contributed by atoms with Crippen molar-refractivity contribution in [1.29, 1.82) is 0 Å². The van der Waals surface area contributed by atoms with Crippen LogP contribution in [-0.2, 0) is 9.53 Å². The number of rotatable bonds is 4. The van der Waals surface area contributed by atoms with Crippen LogP contribution >= 0.6 is 15.9 Å². The zero-order chi connectivity index (χ0) is 24.0. The van der Waals surface area contributed by atoms with Crippen molar-refractivity contribution in [3.05, 3.63) is 75.6 Å². The molecule has 0 amide bonds. The molecule has 0 radical (unpaired) electrons. The number of aromatic nitrogens is 2. The van der Waals surface area contributed by atoms with Crippen LogP contribution in [0.5, 0.6) is 11.5 Å². The van der Waals surface area contributed by atoms with Gasteiger partial charge in [0, 0.05) is 15.6 Å². The molecule has 0 saturated heterocycles. The van der Waals surface area contributed by atoms with Gasteiger partial charge in [-0.2, -0.15) is 0 Å². The van der Waals surface area contributed by atoms with Crippen molar-refractivity contribution < 1.29 is 19.0 Å². The first-order valence-corrected chi connectivity index (χ1v) is 11.4. The summed E-state index contributed by atoms with van der Waals surface area (Å²) in [6.45, 7) is 1.90. The Morgan fingerprint density at radius 1 is 1.09 bits per heavy atom. The minimum Gasteiger partial charge on any atom is -0.496 e. The summed E-state index contributed by atoms with van der Waals surface area (Å²) in [6.07, 6.45) is 0. The topological polar surface area (TPSA) is 123 Å². The lowest BCUT2D eigenvalue weighted by molar-refractivity contribution is -0.139. The summed E-state index contributed by atoms with van der Waals surface area (Å²) in [4.78, 5) is 22.8. The summed E-state index contributed by atoms with van der Waals surface area (Å²) in [7, 11) is 1.56. The van der Waals surface area contributed by atoms with Gasteiger partial charge in [-0.1, -0.05) is 28.1 Å². The van der Waals surface area contributed by atoms with E-state index in [-0.39, 0.29) is 18.1 Å². The Balaban J connectivity index is 1.91. The van der Waals surface area contributed by atoms with Crippen LogP contribution in [-0.4, -0.2) is 29.7 Å². The number of anilines is 1. The fourth-order valence-corrected chi connectivity index (χ4v) is 4.67. The predicted octanol–water partition coefficient (Wildman–Crippen LogP) is 4.39. The molecular weight excluding hydrogens is 500 g/mol. The molecule has 1 atom stereocenters. The molecule has 0 aliphatic carbocycles. The van der Waals surface area contributed by atoms with Crippen molar-refractivity contribution >= 4 is 49.7 Å². The molecule has 1 aliphatic heterocycles. The number of nitrogen functional groups attached to an aromatic ring is 1. The van der Waals surface area contributed by atoms with Gasteiger partial charge in [-0.15, -0.1) is 0 Å². The van der Waals surface area contributed by atoms with E-state index in [0.717, 1.165) is 9.99 Å². The highest BCUT2D eigenvalue weighted by atomic mass is 79.9. The number of halogens is 1. The van der Waals surface area contributed by atoms with Crippen molar-refractivity contribution in [3.8, 4) is 11.5 Å². The Labute approximate surface area is 203 Å². The second kappa shape index (κ2) is 8.49. The third-order valence-electron chi connectivity index (χ3n) is 5.70. The van der Waals surface area contributed by atoms with E-state index in [1.54, 1.807) is 20.1 Å². The van der Waals surface area contributed by atoms with Crippen molar-refractivity contribution in [3.63, 3.8) is 0 Å². The molecule has 1 unspecified atom stereocenters. The third-order valence-corrected chi connectivity index (χ3v) is 6.20. The molecule has 34 heavy (non-hydrogen) atoms. The summed E-state index contributed by atoms with van der Waals surface area (Å²) in [5.74, 6) is -0.522. The summed E-state index contributed by atoms with van der Waals surface area (Å²) >= 11 is 3.53. The number of benzene rings is 3. The van der Waals surface area contributed by atoms with Crippen LogP contribution in [0.1, 0.15) is 24.0 Å². The van der Waals surface area contributed by atoms with Crippen LogP contribution < -0.4 is 20.9 Å². The van der Waals surface area contributed by atoms with E-state index in [9.17, 15) is 4.79 Å². The first-order chi connectivity index (χ1) is 16.4. The highest BCUT2D eigenvalue weighted by molar-refractivity contribution is 9.10. The van der Waals surface area contributed by atoms with Crippen LogP contribution in [0.15, 0.2) is 64.5 Å². The quantitative estimate of drug-likeness (QED) is 0.230. The predicted molar refractivity (Wildman–Crippen MR) is 132 cm³/mol. The van der Waals surface area contributed by atoms with Gasteiger partial charge in [0.25, 0.3) is 0 Å². The van der Waals surface area contributed by atoms with Gasteiger partial charge in [0.1, 0.15) is 11.3 Å². The molecule has 4 N–H and O–H groups in total. The maximum Gasteiger partial charge on any atom is 0.340 e. The minimum atomic E-state index is -0.725. The van der Waals surface area contributed by atoms with E-state index in [2.05, 4.69) is 15.9 Å². The number of hydrogen-bond donors (Lipinski definition) is 2. The van der Waals surface area contributed by atoms with Crippen LogP contribution in [0.3, 0.4) is 0 Å². The largest absolute Gasteiger partial charge is 0.496 e. The molecule has 8 nitrogen and oxygen atoms in total. The first kappa shape index (κ1) is 22.0. The molecule has 0 spiro atoms. The molecular formula is C25H21BrN4O4. The average Bonchev–Trinajstić information content (AvgIpc) is 2.82. The van der Waals surface area contributed by atoms with Gasteiger partial charge in [0.2, 0.25) is 5.88 Å². The summed E-state index contributed by atoms with van der Waals surface area (Å²) in [5, 5.41) is 0. The molecule has 4 aromatic rings. The van der Waals surface area contributed by atoms with E-state index >= 15 is 0 Å². The number of hydrogen-bond acceptors (Lipinski definition) is 8. The smallest absolute Gasteiger partial charge is 0.340 e. The Morgan fingerprint density at radius 3 is 2.53 bits per heavy atom. The van der Waals surface area contributed by atoms with Gasteiger partial charge in [-0.3, -0.25) is 0 Å². The second-order valence-corrected chi connectivity index (χ2v) is 8.62. The van der Waals surface area contributed by atoms with Crippen molar-refractivity contribution in [2.45, 2.75) is 12.8 Å². The van der Waals surface area contributed by atoms with Crippen molar-refractivity contribution in [2.24, 2.45) is 5.73 Å². The zero-order valence-electron chi connectivity index (χ0n) is 18.5. The van der Waals surface area contributed by atoms with E-state index < -0.39 is 11.9 Å². The van der Waals surface area contributed by atoms with Crippen molar-refractivity contribution in [2.75, 3.05) is 19.5 Å². The van der Waals surface area contributed by atoms with E-state index in [1.807, 2.05) is 42.5 Å². The first-order valence-electron chi connectivity index (χ1n) is 10.6. The van der Waals surface area contributed by atoms with Gasteiger partial charge >= 0.3 is 5.97 Å². The average molecular weight is 521 g/mol. The molecule has 0 bridgehead atoms. The van der Waals surface area contributed by atoms with Crippen LogP contribution in [0, 0.1) is 0 Å². The number of nitrogens with two attached hydrogens (primary N) is 2. The fraction of sp³-hybridized carbons (Fsp3) is 0.160. The number of methoxy groups -OCH3 is 1. The molecule has 0 fully saturated rings. The Bertz CT molecular complexity index is 1500. The number of para-hydroxylation sites is 2. The van der Waals surface area contributed by atoms with Crippen LogP contribution in [0.4, 0.5) is 5.69 Å². The standard InChI is InChI=1S/C25H21BrN4O4/c1-3-33-25(31)21-19(13-10-12(26)8-9-18(13)32-2)20-22-17(11-14(27)23(20)34-24(21)28)29-15-6-4-5-7-16(15)30-22/h4-11,19H,3,27-28H2,1-2H3. The maximum atomic E-state index is 13.2. The van der Waals surface area contributed by atoms with Gasteiger partial charge in [0.05, 0.1) is 47.4 Å². The molecule has 1 aromatic heterocycles. The number of esters is 1.